The Kier molecular flexibility index (Phi) is 5.23. The lowest BCUT2D eigenvalue weighted by atomic mass is 10.0. The Labute approximate surface area is 168 Å². The molecule has 1 N–H and O–H groups in total. The van der Waals surface area contributed by atoms with E-state index in [2.05, 4.69) is 45.6 Å². The second-order valence-corrected chi connectivity index (χ2v) is 8.55. The van der Waals surface area contributed by atoms with E-state index in [4.69, 9.17) is 0 Å². The monoisotopic (exact) mass is 396 g/mol. The summed E-state index contributed by atoms with van der Waals surface area (Å²) in [5.41, 5.74) is 1.02. The zero-order valence-corrected chi connectivity index (χ0v) is 17.2. The van der Waals surface area contributed by atoms with Crippen LogP contribution >= 0.6 is 11.3 Å². The molecule has 3 heterocycles. The predicted octanol–water partition coefficient (Wildman–Crippen LogP) is 3.62. The number of benzene rings is 1. The van der Waals surface area contributed by atoms with E-state index < -0.39 is 0 Å². The van der Waals surface area contributed by atoms with E-state index >= 15 is 0 Å². The Balaban J connectivity index is 1.49. The van der Waals surface area contributed by atoms with E-state index in [1.807, 2.05) is 30.0 Å². The van der Waals surface area contributed by atoms with Gasteiger partial charge in [-0.25, -0.2) is 9.78 Å². The number of pyridine rings is 1. The first-order chi connectivity index (χ1) is 13.5. The van der Waals surface area contributed by atoms with Crippen molar-refractivity contribution < 1.29 is 4.79 Å². The van der Waals surface area contributed by atoms with E-state index in [0.717, 1.165) is 52.3 Å². The first-order valence-electron chi connectivity index (χ1n) is 9.42. The maximum absolute atomic E-state index is 12.6. The van der Waals surface area contributed by atoms with Gasteiger partial charge in [0.2, 0.25) is 0 Å². The highest BCUT2D eigenvalue weighted by Gasteiger charge is 2.24. The van der Waals surface area contributed by atoms with Crippen LogP contribution in [0, 0.1) is 6.92 Å². The van der Waals surface area contributed by atoms with Crippen molar-refractivity contribution in [1.29, 1.82) is 0 Å². The van der Waals surface area contributed by atoms with E-state index in [-0.39, 0.29) is 6.03 Å². The lowest BCUT2D eigenvalue weighted by molar-refractivity contribution is 0.156. The summed E-state index contributed by atoms with van der Waals surface area (Å²) in [5, 5.41) is 15.1. The standard InChI is InChI=1S/C20H24N6OS/c1-13-23-24-19(28-13)14-4-5-15-12-21-18(11-16(15)10-14)22-20(27)26-8-6-17(7-9-26)25(2)3/h4-5,10-12,17H,6-9H2,1-3H3,(H,21,22,27). The summed E-state index contributed by atoms with van der Waals surface area (Å²) in [5.74, 6) is 0.567. The Morgan fingerprint density at radius 3 is 2.64 bits per heavy atom. The summed E-state index contributed by atoms with van der Waals surface area (Å²) in [6.07, 6.45) is 3.78. The van der Waals surface area contributed by atoms with Crippen molar-refractivity contribution in [3.05, 3.63) is 35.5 Å². The molecule has 8 heteroatoms. The molecule has 1 aliphatic rings. The van der Waals surface area contributed by atoms with Gasteiger partial charge in [0.05, 0.1) is 0 Å². The highest BCUT2D eigenvalue weighted by atomic mass is 32.1. The Hall–Kier alpha value is -2.58. The number of nitrogens with one attached hydrogen (secondary N) is 1. The molecule has 1 aliphatic heterocycles. The van der Waals surface area contributed by atoms with Crippen LogP contribution in [-0.2, 0) is 0 Å². The van der Waals surface area contributed by atoms with Crippen molar-refractivity contribution in [1.82, 2.24) is 25.0 Å². The van der Waals surface area contributed by atoms with Gasteiger partial charge in [-0.15, -0.1) is 10.2 Å². The number of likely N-dealkylation sites (tertiary alicyclic amines) is 1. The molecule has 3 aromatic rings. The van der Waals surface area contributed by atoms with Crippen molar-refractivity contribution >= 4 is 34.0 Å². The van der Waals surface area contributed by atoms with Gasteiger partial charge >= 0.3 is 6.03 Å². The third-order valence-corrected chi connectivity index (χ3v) is 6.10. The lowest BCUT2D eigenvalue weighted by Gasteiger charge is -2.35. The number of rotatable bonds is 3. The highest BCUT2D eigenvalue weighted by molar-refractivity contribution is 7.14. The van der Waals surface area contributed by atoms with Gasteiger partial charge in [-0.2, -0.15) is 0 Å². The summed E-state index contributed by atoms with van der Waals surface area (Å²) in [7, 11) is 4.19. The van der Waals surface area contributed by atoms with E-state index in [1.54, 1.807) is 17.5 Å². The number of piperidine rings is 1. The first kappa shape index (κ1) is 18.8. The Bertz CT molecular complexity index is 993. The number of aryl methyl sites for hydroxylation is 1. The largest absolute Gasteiger partial charge is 0.324 e. The zero-order chi connectivity index (χ0) is 19.7. The second-order valence-electron chi connectivity index (χ2n) is 7.37. The quantitative estimate of drug-likeness (QED) is 0.732. The average Bonchev–Trinajstić information content (AvgIpc) is 3.14. The van der Waals surface area contributed by atoms with Gasteiger partial charge in [-0.3, -0.25) is 5.32 Å². The first-order valence-corrected chi connectivity index (χ1v) is 10.2. The number of nitrogens with zero attached hydrogens (tertiary/aromatic N) is 5. The van der Waals surface area contributed by atoms with Crippen LogP contribution in [0.15, 0.2) is 30.5 Å². The van der Waals surface area contributed by atoms with Crippen molar-refractivity contribution in [2.75, 3.05) is 32.5 Å². The number of urea groups is 1. The summed E-state index contributed by atoms with van der Waals surface area (Å²) >= 11 is 1.57. The molecular weight excluding hydrogens is 372 g/mol. The van der Waals surface area contributed by atoms with E-state index in [0.29, 0.717) is 11.9 Å². The van der Waals surface area contributed by atoms with E-state index in [9.17, 15) is 4.79 Å². The van der Waals surface area contributed by atoms with Crippen molar-refractivity contribution in [3.8, 4) is 10.6 Å². The molecule has 28 heavy (non-hydrogen) atoms. The summed E-state index contributed by atoms with van der Waals surface area (Å²) in [4.78, 5) is 21.1. The number of carbonyl (C=O) groups excluding carboxylic acids is 1. The van der Waals surface area contributed by atoms with Crippen LogP contribution in [0.25, 0.3) is 21.3 Å². The number of carbonyl (C=O) groups is 1. The Morgan fingerprint density at radius 2 is 1.96 bits per heavy atom. The minimum absolute atomic E-state index is 0.0834. The number of hydrogen-bond acceptors (Lipinski definition) is 6. The molecule has 146 valence electrons. The Morgan fingerprint density at radius 1 is 1.18 bits per heavy atom. The van der Waals surface area contributed by atoms with E-state index in [1.165, 1.54) is 0 Å². The number of anilines is 1. The lowest BCUT2D eigenvalue weighted by Crippen LogP contribution is -2.46. The molecule has 1 fully saturated rings. The topological polar surface area (TPSA) is 74.2 Å². The molecule has 2 amide bonds. The fourth-order valence-corrected chi connectivity index (χ4v) is 4.22. The smallest absolute Gasteiger partial charge is 0.323 e. The zero-order valence-electron chi connectivity index (χ0n) is 16.3. The van der Waals surface area contributed by atoms with Crippen molar-refractivity contribution in [3.63, 3.8) is 0 Å². The van der Waals surface area contributed by atoms with Gasteiger partial charge in [0.15, 0.2) is 0 Å². The molecule has 0 atom stereocenters. The summed E-state index contributed by atoms with van der Waals surface area (Å²) in [6.45, 7) is 3.48. The van der Waals surface area contributed by atoms with Gasteiger partial charge in [-0.1, -0.05) is 23.5 Å². The molecule has 0 bridgehead atoms. The van der Waals surface area contributed by atoms with Gasteiger partial charge in [0.25, 0.3) is 0 Å². The predicted molar refractivity (Wildman–Crippen MR) is 113 cm³/mol. The van der Waals surface area contributed by atoms with Crippen molar-refractivity contribution in [2.45, 2.75) is 25.8 Å². The molecule has 1 saturated heterocycles. The molecular formula is C20H24N6OS. The summed E-state index contributed by atoms with van der Waals surface area (Å²) in [6, 6.07) is 8.49. The van der Waals surface area contributed by atoms with Gasteiger partial charge < -0.3 is 9.80 Å². The molecule has 0 radical (unpaired) electrons. The SMILES string of the molecule is Cc1nnc(-c2ccc3cnc(NC(=O)N4CCC(N(C)C)CC4)cc3c2)s1. The van der Waals surface area contributed by atoms with Crippen LogP contribution in [0.4, 0.5) is 10.6 Å². The van der Waals surface area contributed by atoms with Crippen LogP contribution in [0.1, 0.15) is 17.8 Å². The van der Waals surface area contributed by atoms with Gasteiger partial charge in [0, 0.05) is 36.3 Å². The fourth-order valence-electron chi connectivity index (χ4n) is 3.53. The second kappa shape index (κ2) is 7.81. The highest BCUT2D eigenvalue weighted by Crippen LogP contribution is 2.27. The number of aromatic nitrogens is 3. The maximum atomic E-state index is 12.6. The third-order valence-electron chi connectivity index (χ3n) is 5.21. The molecule has 0 unspecified atom stereocenters. The maximum Gasteiger partial charge on any atom is 0.323 e. The fraction of sp³-hybridized carbons (Fsp3) is 0.400. The van der Waals surface area contributed by atoms with Gasteiger partial charge in [0.1, 0.15) is 15.8 Å². The molecule has 0 aliphatic carbocycles. The van der Waals surface area contributed by atoms with Crippen LogP contribution in [0.2, 0.25) is 0 Å². The molecule has 1 aromatic carbocycles. The van der Waals surface area contributed by atoms with Crippen LogP contribution in [0.3, 0.4) is 0 Å². The minimum Gasteiger partial charge on any atom is -0.324 e. The molecule has 4 rings (SSSR count). The van der Waals surface area contributed by atoms with Crippen molar-refractivity contribution in [2.24, 2.45) is 0 Å². The number of hydrogen-bond donors (Lipinski definition) is 1. The average molecular weight is 397 g/mol. The number of fused-ring (bicyclic) bond motifs is 1. The molecule has 0 saturated carbocycles. The normalized spacial score (nSPS) is 15.4. The molecule has 2 aromatic heterocycles. The molecule has 7 nitrogen and oxygen atoms in total. The molecule has 0 spiro atoms. The third kappa shape index (κ3) is 3.98. The van der Waals surface area contributed by atoms with Crippen LogP contribution in [-0.4, -0.2) is 64.2 Å². The summed E-state index contributed by atoms with van der Waals surface area (Å²) < 4.78 is 0. The number of amides is 2. The van der Waals surface area contributed by atoms with Crippen LogP contribution in [0.5, 0.6) is 0 Å². The van der Waals surface area contributed by atoms with Crippen LogP contribution < -0.4 is 5.32 Å². The minimum atomic E-state index is -0.0834. The van der Waals surface area contributed by atoms with Gasteiger partial charge in [-0.05, 0) is 51.4 Å².